The Balaban J connectivity index is 2.08. The van der Waals surface area contributed by atoms with E-state index in [-0.39, 0.29) is 0 Å². The van der Waals surface area contributed by atoms with Crippen LogP contribution in [-0.4, -0.2) is 15.4 Å². The van der Waals surface area contributed by atoms with E-state index in [4.69, 9.17) is 4.43 Å². The molecule has 0 spiro atoms. The van der Waals surface area contributed by atoms with Crippen LogP contribution in [0.3, 0.4) is 0 Å². The molecule has 120 valence electrons. The third-order valence-corrected chi connectivity index (χ3v) is 6.51. The summed E-state index contributed by atoms with van der Waals surface area (Å²) in [6.45, 7) is 0. The predicted molar refractivity (Wildman–Crippen MR) is 105 cm³/mol. The smallest absolute Gasteiger partial charge is 0.387 e. The zero-order valence-corrected chi connectivity index (χ0v) is 15.1. The van der Waals surface area contributed by atoms with Crippen LogP contribution in [0, 0.1) is 22.9 Å². The molecule has 0 unspecified atom stereocenters. The molecule has 0 aliphatic carbocycles. The van der Waals surface area contributed by atoms with E-state index >= 15 is 0 Å². The lowest BCUT2D eigenvalue weighted by Crippen LogP contribution is -2.48. The maximum atomic E-state index is 5.96. The lowest BCUT2D eigenvalue weighted by atomic mass is 10.2. The van der Waals surface area contributed by atoms with Gasteiger partial charge in [0.25, 0.3) is 0 Å². The first-order valence-electron chi connectivity index (χ1n) is 8.09. The van der Waals surface area contributed by atoms with Crippen molar-refractivity contribution in [2.75, 3.05) is 7.11 Å². The molecule has 3 aromatic rings. The van der Waals surface area contributed by atoms with Gasteiger partial charge in [-0.3, -0.25) is 0 Å². The molecule has 0 bridgehead atoms. The van der Waals surface area contributed by atoms with Crippen LogP contribution in [0.2, 0.25) is 0 Å². The van der Waals surface area contributed by atoms with Crippen molar-refractivity contribution in [2.45, 2.75) is 0 Å². The molecule has 0 fully saturated rings. The third kappa shape index (κ3) is 4.28. The Bertz CT molecular complexity index is 869. The lowest BCUT2D eigenvalue weighted by molar-refractivity contribution is 0.428. The Kier molecular flexibility index (Phi) is 5.49. The van der Waals surface area contributed by atoms with Gasteiger partial charge in [-0.05, 0) is 29.5 Å². The first-order chi connectivity index (χ1) is 12.3. The molecule has 0 aliphatic rings. The van der Waals surface area contributed by atoms with Crippen molar-refractivity contribution in [3.8, 4) is 22.9 Å². The molecule has 0 amide bonds. The average molecular weight is 338 g/mol. The van der Waals surface area contributed by atoms with Gasteiger partial charge < -0.3 is 4.43 Å². The molecule has 1 nitrogen and oxygen atoms in total. The summed E-state index contributed by atoms with van der Waals surface area (Å²) in [5.74, 6) is 6.51. The van der Waals surface area contributed by atoms with Gasteiger partial charge in [0, 0.05) is 18.2 Å². The molecule has 25 heavy (non-hydrogen) atoms. The first kappa shape index (κ1) is 16.8. The first-order valence-corrected chi connectivity index (χ1v) is 10.0. The Hall–Kier alpha value is -3.04. The Labute approximate surface area is 150 Å². The van der Waals surface area contributed by atoms with Gasteiger partial charge in [0.15, 0.2) is 0 Å². The third-order valence-electron chi connectivity index (χ3n) is 3.80. The molecule has 0 saturated heterocycles. The maximum Gasteiger partial charge on any atom is 0.387 e. The molecule has 0 radical (unpaired) electrons. The van der Waals surface area contributed by atoms with Crippen molar-refractivity contribution in [1.29, 1.82) is 0 Å². The monoisotopic (exact) mass is 338 g/mol. The summed E-state index contributed by atoms with van der Waals surface area (Å²) in [5, 5.41) is 1.06. The van der Waals surface area contributed by atoms with Crippen molar-refractivity contribution >= 4 is 13.5 Å². The highest BCUT2D eigenvalue weighted by atomic mass is 28.4. The number of hydrogen-bond donors (Lipinski definition) is 0. The number of rotatable bonds is 2. The molecule has 0 saturated carbocycles. The van der Waals surface area contributed by atoms with Crippen LogP contribution in [0.1, 0.15) is 11.1 Å². The van der Waals surface area contributed by atoms with E-state index in [0.717, 1.165) is 16.3 Å². The Morgan fingerprint density at radius 3 is 1.40 bits per heavy atom. The Morgan fingerprint density at radius 2 is 1.00 bits per heavy atom. The normalized spacial score (nSPS) is 10.1. The van der Waals surface area contributed by atoms with E-state index in [9.17, 15) is 0 Å². The molecule has 0 aliphatic heterocycles. The van der Waals surface area contributed by atoms with Crippen LogP contribution in [-0.2, 0) is 4.43 Å². The average Bonchev–Trinajstić information content (AvgIpc) is 2.71. The van der Waals surface area contributed by atoms with E-state index < -0.39 is 8.32 Å². The van der Waals surface area contributed by atoms with E-state index in [1.807, 2.05) is 78.9 Å². The second kappa shape index (κ2) is 8.17. The summed E-state index contributed by atoms with van der Waals surface area (Å²) >= 11 is 0. The maximum absolute atomic E-state index is 5.96. The van der Waals surface area contributed by atoms with Gasteiger partial charge in [0.05, 0.1) is 0 Å². The topological polar surface area (TPSA) is 9.23 Å². The van der Waals surface area contributed by atoms with E-state index in [1.165, 1.54) is 0 Å². The number of benzene rings is 3. The summed E-state index contributed by atoms with van der Waals surface area (Å²) in [4.78, 5) is 0. The van der Waals surface area contributed by atoms with Crippen molar-refractivity contribution in [3.05, 3.63) is 102 Å². The zero-order valence-electron chi connectivity index (χ0n) is 14.1. The quantitative estimate of drug-likeness (QED) is 0.512. The minimum Gasteiger partial charge on any atom is -0.397 e. The molecule has 0 aromatic heterocycles. The van der Waals surface area contributed by atoms with Gasteiger partial charge in [0.1, 0.15) is 0 Å². The minimum atomic E-state index is -2.73. The van der Waals surface area contributed by atoms with Gasteiger partial charge in [-0.1, -0.05) is 89.7 Å². The summed E-state index contributed by atoms with van der Waals surface area (Å²) in [7, 11) is -1.03. The van der Waals surface area contributed by atoms with Crippen molar-refractivity contribution in [3.63, 3.8) is 0 Å². The summed E-state index contributed by atoms with van der Waals surface area (Å²) in [6.07, 6.45) is 0. The molecule has 0 atom stereocenters. The molecule has 0 heterocycles. The van der Waals surface area contributed by atoms with Crippen molar-refractivity contribution < 1.29 is 4.43 Å². The SMILES string of the molecule is CO[Si](C#Cc1ccccc1)(C#Cc1ccccc1)c1ccccc1. The fourth-order valence-corrected chi connectivity index (χ4v) is 4.53. The highest BCUT2D eigenvalue weighted by Crippen LogP contribution is 2.06. The molecule has 3 aromatic carbocycles. The van der Waals surface area contributed by atoms with E-state index in [1.54, 1.807) is 7.11 Å². The number of hydrogen-bond acceptors (Lipinski definition) is 1. The van der Waals surface area contributed by atoms with E-state index in [2.05, 4.69) is 35.1 Å². The molecule has 0 N–H and O–H groups in total. The van der Waals surface area contributed by atoms with Crippen LogP contribution in [0.4, 0.5) is 0 Å². The second-order valence-corrected chi connectivity index (χ2v) is 8.33. The standard InChI is InChI=1S/C23H18OSi/c1-24-25(23-15-9-4-10-16-23,19-17-21-11-5-2-6-12-21)20-18-22-13-7-3-8-14-22/h2-16H,1H3. The Morgan fingerprint density at radius 1 is 0.600 bits per heavy atom. The van der Waals surface area contributed by atoms with Crippen LogP contribution < -0.4 is 5.19 Å². The summed E-state index contributed by atoms with van der Waals surface area (Å²) in [6, 6.07) is 30.0. The van der Waals surface area contributed by atoms with Crippen LogP contribution in [0.5, 0.6) is 0 Å². The highest BCUT2D eigenvalue weighted by molar-refractivity contribution is 6.99. The summed E-state index contributed by atoms with van der Waals surface area (Å²) < 4.78 is 5.96. The largest absolute Gasteiger partial charge is 0.397 e. The van der Waals surface area contributed by atoms with Gasteiger partial charge in [0.2, 0.25) is 0 Å². The fraction of sp³-hybridized carbons (Fsp3) is 0.0435. The highest BCUT2D eigenvalue weighted by Gasteiger charge is 2.33. The summed E-state index contributed by atoms with van der Waals surface area (Å²) in [5.41, 5.74) is 8.69. The van der Waals surface area contributed by atoms with Gasteiger partial charge in [-0.15, -0.1) is 0 Å². The van der Waals surface area contributed by atoms with E-state index in [0.29, 0.717) is 0 Å². The zero-order chi connectivity index (χ0) is 17.4. The van der Waals surface area contributed by atoms with Gasteiger partial charge in [-0.25, -0.2) is 0 Å². The molecule has 2 heteroatoms. The van der Waals surface area contributed by atoms with Crippen LogP contribution >= 0.6 is 0 Å². The van der Waals surface area contributed by atoms with Gasteiger partial charge >= 0.3 is 8.32 Å². The van der Waals surface area contributed by atoms with Crippen molar-refractivity contribution in [2.24, 2.45) is 0 Å². The second-order valence-electron chi connectivity index (χ2n) is 5.48. The van der Waals surface area contributed by atoms with Crippen LogP contribution in [0.15, 0.2) is 91.0 Å². The predicted octanol–water partition coefficient (Wildman–Crippen LogP) is 3.67. The molecule has 3 rings (SSSR count). The fourth-order valence-electron chi connectivity index (χ4n) is 2.43. The van der Waals surface area contributed by atoms with Crippen molar-refractivity contribution in [1.82, 2.24) is 0 Å². The van der Waals surface area contributed by atoms with Gasteiger partial charge in [-0.2, -0.15) is 0 Å². The minimum absolute atomic E-state index is 0.967. The lowest BCUT2D eigenvalue weighted by Gasteiger charge is -2.17. The molecular weight excluding hydrogens is 320 g/mol. The van der Waals surface area contributed by atoms with Crippen LogP contribution in [0.25, 0.3) is 0 Å². The molecular formula is C23H18OSi.